The molecular formula is C20H26N2O3. The van der Waals surface area contributed by atoms with Gasteiger partial charge in [-0.15, -0.1) is 0 Å². The lowest BCUT2D eigenvalue weighted by atomic mass is 9.98. The molecule has 0 fully saturated rings. The van der Waals surface area contributed by atoms with Crippen LogP contribution in [0.25, 0.3) is 0 Å². The van der Waals surface area contributed by atoms with E-state index in [4.69, 9.17) is 4.74 Å². The number of amides is 2. The number of hydrogen-bond acceptors (Lipinski definition) is 4. The third-order valence-corrected chi connectivity index (χ3v) is 4.97. The van der Waals surface area contributed by atoms with Gasteiger partial charge in [-0.2, -0.15) is 0 Å². The summed E-state index contributed by atoms with van der Waals surface area (Å²) < 4.78 is 5.88. The number of imide groups is 1. The summed E-state index contributed by atoms with van der Waals surface area (Å²) in [5.74, 6) is 0.946. The molecule has 2 heterocycles. The van der Waals surface area contributed by atoms with E-state index in [0.717, 1.165) is 24.4 Å². The topological polar surface area (TPSA) is 49.9 Å². The van der Waals surface area contributed by atoms with Crippen molar-refractivity contribution in [1.29, 1.82) is 0 Å². The molecule has 0 saturated carbocycles. The molecule has 1 atom stereocenters. The molecule has 5 heteroatoms. The summed E-state index contributed by atoms with van der Waals surface area (Å²) in [5, 5.41) is 0. The van der Waals surface area contributed by atoms with Crippen LogP contribution in [0.3, 0.4) is 0 Å². The second kappa shape index (κ2) is 7.83. The highest BCUT2D eigenvalue weighted by Crippen LogP contribution is 2.31. The Morgan fingerprint density at radius 2 is 1.92 bits per heavy atom. The van der Waals surface area contributed by atoms with E-state index in [1.54, 1.807) is 6.07 Å². The summed E-state index contributed by atoms with van der Waals surface area (Å²) >= 11 is 0. The third kappa shape index (κ3) is 3.93. The largest absolute Gasteiger partial charge is 0.478 e. The Morgan fingerprint density at radius 1 is 1.16 bits per heavy atom. The average molecular weight is 342 g/mol. The minimum Gasteiger partial charge on any atom is -0.478 e. The van der Waals surface area contributed by atoms with Gasteiger partial charge >= 0.3 is 0 Å². The molecule has 0 saturated heterocycles. The molecule has 2 amide bonds. The van der Waals surface area contributed by atoms with Crippen LogP contribution in [-0.2, 0) is 16.1 Å². The summed E-state index contributed by atoms with van der Waals surface area (Å²) in [6, 6.07) is 5.53. The second-order valence-electron chi connectivity index (χ2n) is 6.84. The molecule has 25 heavy (non-hydrogen) atoms. The Labute approximate surface area is 149 Å². The van der Waals surface area contributed by atoms with Gasteiger partial charge in [0.2, 0.25) is 0 Å². The van der Waals surface area contributed by atoms with Gasteiger partial charge in [0, 0.05) is 30.8 Å². The number of unbranched alkanes of at least 4 members (excludes halogenated alkanes) is 1. The van der Waals surface area contributed by atoms with E-state index in [2.05, 4.69) is 18.7 Å². The van der Waals surface area contributed by atoms with Crippen molar-refractivity contribution in [1.82, 2.24) is 4.90 Å². The van der Waals surface area contributed by atoms with Gasteiger partial charge in [-0.3, -0.25) is 14.5 Å². The van der Waals surface area contributed by atoms with E-state index in [1.807, 2.05) is 12.1 Å². The van der Waals surface area contributed by atoms with Crippen molar-refractivity contribution < 1.29 is 14.3 Å². The van der Waals surface area contributed by atoms with Crippen LogP contribution in [0, 0.1) is 5.92 Å². The number of nitrogens with zero attached hydrogens (tertiary/aromatic N) is 2. The van der Waals surface area contributed by atoms with Crippen molar-refractivity contribution in [3.63, 3.8) is 0 Å². The summed E-state index contributed by atoms with van der Waals surface area (Å²) in [6.45, 7) is 6.87. The first-order valence-electron chi connectivity index (χ1n) is 9.16. The van der Waals surface area contributed by atoms with Crippen LogP contribution >= 0.6 is 0 Å². The second-order valence-corrected chi connectivity index (χ2v) is 6.84. The van der Waals surface area contributed by atoms with Gasteiger partial charge < -0.3 is 4.74 Å². The first kappa shape index (κ1) is 17.7. The van der Waals surface area contributed by atoms with Gasteiger partial charge in [-0.1, -0.05) is 33.1 Å². The fourth-order valence-electron chi connectivity index (χ4n) is 3.47. The molecule has 0 spiro atoms. The molecule has 5 nitrogen and oxygen atoms in total. The number of ether oxygens (including phenoxy) is 1. The quantitative estimate of drug-likeness (QED) is 0.712. The van der Waals surface area contributed by atoms with Crippen LogP contribution in [0.4, 0.5) is 5.69 Å². The van der Waals surface area contributed by atoms with Crippen molar-refractivity contribution in [2.45, 2.75) is 46.1 Å². The Hall–Kier alpha value is -2.14. The fraction of sp³-hybridized carbons (Fsp3) is 0.500. The number of hydrogen-bond donors (Lipinski definition) is 0. The van der Waals surface area contributed by atoms with Gasteiger partial charge in [0.15, 0.2) is 0 Å². The summed E-state index contributed by atoms with van der Waals surface area (Å²) in [6.07, 6.45) is 7.53. The fourth-order valence-corrected chi connectivity index (χ4v) is 3.47. The minimum absolute atomic E-state index is 0.288. The van der Waals surface area contributed by atoms with E-state index in [9.17, 15) is 9.59 Å². The number of carbonyl (C=O) groups is 2. The Morgan fingerprint density at radius 3 is 2.60 bits per heavy atom. The normalized spacial score (nSPS) is 18.4. The maximum atomic E-state index is 11.9. The SMILES string of the molecule is CCCCC(CC)CN1COc2ccc(N3C(=O)C=CC3=O)cc2C1. The van der Waals surface area contributed by atoms with E-state index < -0.39 is 0 Å². The van der Waals surface area contributed by atoms with Crippen LogP contribution in [0.5, 0.6) is 5.75 Å². The third-order valence-electron chi connectivity index (χ3n) is 4.97. The first-order valence-corrected chi connectivity index (χ1v) is 9.16. The van der Waals surface area contributed by atoms with E-state index >= 15 is 0 Å². The molecular weight excluding hydrogens is 316 g/mol. The van der Waals surface area contributed by atoms with Crippen molar-refractivity contribution >= 4 is 17.5 Å². The number of carbonyl (C=O) groups excluding carboxylic acids is 2. The smallest absolute Gasteiger partial charge is 0.258 e. The molecule has 134 valence electrons. The van der Waals surface area contributed by atoms with Crippen LogP contribution in [0.1, 0.15) is 45.1 Å². The maximum absolute atomic E-state index is 11.9. The van der Waals surface area contributed by atoms with Gasteiger partial charge in [0.1, 0.15) is 12.5 Å². The minimum atomic E-state index is -0.288. The lowest BCUT2D eigenvalue weighted by Gasteiger charge is -2.32. The van der Waals surface area contributed by atoms with Gasteiger partial charge in [-0.05, 0) is 30.5 Å². The summed E-state index contributed by atoms with van der Waals surface area (Å²) in [4.78, 5) is 27.3. The van der Waals surface area contributed by atoms with Crippen LogP contribution in [0.2, 0.25) is 0 Å². The average Bonchev–Trinajstić information content (AvgIpc) is 2.96. The predicted octanol–water partition coefficient (Wildman–Crippen LogP) is 3.48. The standard InChI is InChI=1S/C20H26N2O3/c1-3-5-6-15(4-2)12-21-13-16-11-17(7-8-18(16)25-14-21)22-19(23)9-10-20(22)24/h7-11,15H,3-6,12-14H2,1-2H3. The maximum Gasteiger partial charge on any atom is 0.258 e. The molecule has 1 aromatic carbocycles. The van der Waals surface area contributed by atoms with Crippen LogP contribution in [0.15, 0.2) is 30.4 Å². The number of benzene rings is 1. The Balaban J connectivity index is 1.70. The highest BCUT2D eigenvalue weighted by atomic mass is 16.5. The molecule has 2 aliphatic rings. The number of anilines is 1. The lowest BCUT2D eigenvalue weighted by molar-refractivity contribution is -0.119. The van der Waals surface area contributed by atoms with Gasteiger partial charge in [0.25, 0.3) is 11.8 Å². The van der Waals surface area contributed by atoms with E-state index in [0.29, 0.717) is 18.3 Å². The molecule has 0 aromatic heterocycles. The monoisotopic (exact) mass is 342 g/mol. The Bertz CT molecular complexity index is 666. The summed E-state index contributed by atoms with van der Waals surface area (Å²) in [5.41, 5.74) is 1.64. The lowest BCUT2D eigenvalue weighted by Crippen LogP contribution is -2.36. The molecule has 0 bridgehead atoms. The molecule has 1 unspecified atom stereocenters. The molecule has 2 aliphatic heterocycles. The Kier molecular flexibility index (Phi) is 5.53. The highest BCUT2D eigenvalue weighted by molar-refractivity contribution is 6.28. The predicted molar refractivity (Wildman–Crippen MR) is 97.3 cm³/mol. The van der Waals surface area contributed by atoms with Crippen molar-refractivity contribution in [2.24, 2.45) is 5.92 Å². The molecule has 3 rings (SSSR count). The van der Waals surface area contributed by atoms with Crippen molar-refractivity contribution in [3.05, 3.63) is 35.9 Å². The summed E-state index contributed by atoms with van der Waals surface area (Å²) in [7, 11) is 0. The van der Waals surface area contributed by atoms with E-state index in [-0.39, 0.29) is 11.8 Å². The van der Waals surface area contributed by atoms with Crippen LogP contribution < -0.4 is 9.64 Å². The first-order chi connectivity index (χ1) is 12.1. The van der Waals surface area contributed by atoms with Gasteiger partial charge in [0.05, 0.1) is 5.69 Å². The highest BCUT2D eigenvalue weighted by Gasteiger charge is 2.27. The zero-order valence-corrected chi connectivity index (χ0v) is 15.0. The zero-order valence-electron chi connectivity index (χ0n) is 15.0. The molecule has 0 aliphatic carbocycles. The van der Waals surface area contributed by atoms with Crippen LogP contribution in [-0.4, -0.2) is 30.0 Å². The molecule has 1 aromatic rings. The number of rotatable bonds is 7. The number of fused-ring (bicyclic) bond motifs is 1. The molecule has 0 radical (unpaired) electrons. The van der Waals surface area contributed by atoms with E-state index in [1.165, 1.54) is 42.7 Å². The van der Waals surface area contributed by atoms with Crippen molar-refractivity contribution in [3.8, 4) is 5.75 Å². The zero-order chi connectivity index (χ0) is 17.8. The molecule has 0 N–H and O–H groups in total. The van der Waals surface area contributed by atoms with Gasteiger partial charge in [-0.25, -0.2) is 4.90 Å². The van der Waals surface area contributed by atoms with Crippen molar-refractivity contribution in [2.75, 3.05) is 18.2 Å².